The zero-order chi connectivity index (χ0) is 17.4. The monoisotopic (exact) mass is 355 g/mol. The summed E-state index contributed by atoms with van der Waals surface area (Å²) in [5, 5.41) is 6.57. The molecule has 1 N–H and O–H groups in total. The number of pyridine rings is 1. The molecule has 25 heavy (non-hydrogen) atoms. The molecular formula is C20H22ClN3O. The van der Waals surface area contributed by atoms with E-state index in [0.29, 0.717) is 16.8 Å². The first kappa shape index (κ1) is 16.4. The molecule has 0 amide bonds. The lowest BCUT2D eigenvalue weighted by molar-refractivity contribution is 0.264. The number of aromatic nitrogens is 1. The number of methoxy groups -OCH3 is 1. The largest absolute Gasteiger partial charge is 0.495 e. The predicted octanol–water partition coefficient (Wildman–Crippen LogP) is 4.56. The fraction of sp³-hybridized carbons (Fsp3) is 0.350. The molecule has 4 nitrogen and oxygen atoms in total. The van der Waals surface area contributed by atoms with Gasteiger partial charge in [-0.2, -0.15) is 0 Å². The Bertz CT molecular complexity index is 920. The van der Waals surface area contributed by atoms with Crippen molar-refractivity contribution >= 4 is 39.1 Å². The lowest BCUT2D eigenvalue weighted by atomic mass is 10.0. The quantitative estimate of drug-likeness (QED) is 0.699. The van der Waals surface area contributed by atoms with Crippen LogP contribution < -0.4 is 10.1 Å². The molecule has 1 aliphatic heterocycles. The van der Waals surface area contributed by atoms with Crippen molar-refractivity contribution in [1.29, 1.82) is 0 Å². The number of hydrogen-bond acceptors (Lipinski definition) is 4. The highest BCUT2D eigenvalue weighted by atomic mass is 35.5. The number of nitrogens with zero attached hydrogens (tertiary/aromatic N) is 2. The number of fused-ring (bicyclic) bond motifs is 2. The minimum absolute atomic E-state index is 0.465. The van der Waals surface area contributed by atoms with Gasteiger partial charge in [0.05, 0.1) is 28.9 Å². The summed E-state index contributed by atoms with van der Waals surface area (Å²) in [4.78, 5) is 7.17. The molecule has 2 heterocycles. The van der Waals surface area contributed by atoms with E-state index in [1.54, 1.807) is 7.11 Å². The summed E-state index contributed by atoms with van der Waals surface area (Å²) in [6, 6.07) is 12.6. The molecule has 1 aromatic heterocycles. The van der Waals surface area contributed by atoms with E-state index in [0.717, 1.165) is 53.4 Å². The molecule has 2 aromatic carbocycles. The van der Waals surface area contributed by atoms with Gasteiger partial charge in [-0.05, 0) is 51.2 Å². The van der Waals surface area contributed by atoms with E-state index in [1.807, 2.05) is 24.3 Å². The maximum absolute atomic E-state index is 6.32. The second-order valence-corrected chi connectivity index (χ2v) is 7.14. The summed E-state index contributed by atoms with van der Waals surface area (Å²) < 4.78 is 5.43. The molecule has 0 unspecified atom stereocenters. The van der Waals surface area contributed by atoms with Crippen LogP contribution in [0.1, 0.15) is 12.8 Å². The zero-order valence-corrected chi connectivity index (χ0v) is 15.3. The average molecular weight is 356 g/mol. The van der Waals surface area contributed by atoms with E-state index in [-0.39, 0.29) is 0 Å². The van der Waals surface area contributed by atoms with Crippen LogP contribution in [0.15, 0.2) is 36.4 Å². The Morgan fingerprint density at radius 3 is 2.64 bits per heavy atom. The number of nitrogens with one attached hydrogen (secondary N) is 1. The smallest absolute Gasteiger partial charge is 0.138 e. The highest BCUT2D eigenvalue weighted by Gasteiger charge is 2.19. The Kier molecular flexibility index (Phi) is 4.40. The minimum Gasteiger partial charge on any atom is -0.495 e. The van der Waals surface area contributed by atoms with Gasteiger partial charge < -0.3 is 15.0 Å². The van der Waals surface area contributed by atoms with Crippen molar-refractivity contribution in [2.75, 3.05) is 32.6 Å². The van der Waals surface area contributed by atoms with Crippen LogP contribution in [-0.2, 0) is 0 Å². The third-order valence-electron chi connectivity index (χ3n) is 5.02. The van der Waals surface area contributed by atoms with Crippen LogP contribution in [0.4, 0.5) is 5.69 Å². The van der Waals surface area contributed by atoms with E-state index in [4.69, 9.17) is 21.3 Å². The Morgan fingerprint density at radius 1 is 1.12 bits per heavy atom. The van der Waals surface area contributed by atoms with Gasteiger partial charge in [-0.3, -0.25) is 0 Å². The first-order chi connectivity index (χ1) is 12.2. The SMILES string of the molecule is COc1cc2c(NC3CCN(C)CC3)c3ccccc3nc2cc1Cl. The van der Waals surface area contributed by atoms with Crippen LogP contribution >= 0.6 is 11.6 Å². The predicted molar refractivity (Wildman–Crippen MR) is 105 cm³/mol. The Hall–Kier alpha value is -2.04. The van der Waals surface area contributed by atoms with Crippen LogP contribution in [-0.4, -0.2) is 43.2 Å². The number of ether oxygens (including phenoxy) is 1. The molecule has 0 bridgehead atoms. The van der Waals surface area contributed by atoms with E-state index < -0.39 is 0 Å². The average Bonchev–Trinajstić information content (AvgIpc) is 2.63. The summed E-state index contributed by atoms with van der Waals surface area (Å²) in [5.41, 5.74) is 3.00. The molecule has 130 valence electrons. The Balaban J connectivity index is 1.87. The number of piperidine rings is 1. The number of hydrogen-bond donors (Lipinski definition) is 1. The lowest BCUT2D eigenvalue weighted by Crippen LogP contribution is -2.36. The highest BCUT2D eigenvalue weighted by Crippen LogP contribution is 2.37. The molecule has 1 aliphatic rings. The first-order valence-electron chi connectivity index (χ1n) is 8.67. The van der Waals surface area contributed by atoms with Crippen LogP contribution in [0.2, 0.25) is 5.02 Å². The third kappa shape index (κ3) is 3.12. The summed E-state index contributed by atoms with van der Waals surface area (Å²) in [6.45, 7) is 2.24. The van der Waals surface area contributed by atoms with Gasteiger partial charge in [0.25, 0.3) is 0 Å². The number of para-hydroxylation sites is 1. The standard InChI is InChI=1S/C20H22ClN3O/c1-24-9-7-13(8-10-24)22-20-14-5-3-4-6-17(14)23-18-12-16(21)19(25-2)11-15(18)20/h3-6,11-13H,7-10H2,1-2H3,(H,22,23). The van der Waals surface area contributed by atoms with Crippen molar-refractivity contribution in [1.82, 2.24) is 9.88 Å². The van der Waals surface area contributed by atoms with Crippen molar-refractivity contribution in [3.05, 3.63) is 41.4 Å². The topological polar surface area (TPSA) is 37.4 Å². The number of rotatable bonds is 3. The Morgan fingerprint density at radius 2 is 1.88 bits per heavy atom. The third-order valence-corrected chi connectivity index (χ3v) is 5.32. The molecular weight excluding hydrogens is 334 g/mol. The van der Waals surface area contributed by atoms with E-state index >= 15 is 0 Å². The van der Waals surface area contributed by atoms with Gasteiger partial charge in [-0.25, -0.2) is 4.98 Å². The summed E-state index contributed by atoms with van der Waals surface area (Å²) in [6.07, 6.45) is 2.28. The molecule has 3 aromatic rings. The van der Waals surface area contributed by atoms with Gasteiger partial charge in [0.2, 0.25) is 0 Å². The minimum atomic E-state index is 0.465. The fourth-order valence-electron chi connectivity index (χ4n) is 3.56. The van der Waals surface area contributed by atoms with Gasteiger partial charge in [0, 0.05) is 16.8 Å². The molecule has 0 spiro atoms. The molecule has 1 fully saturated rings. The first-order valence-corrected chi connectivity index (χ1v) is 9.04. The lowest BCUT2D eigenvalue weighted by Gasteiger charge is -2.31. The van der Waals surface area contributed by atoms with Gasteiger partial charge >= 0.3 is 0 Å². The number of benzene rings is 2. The normalized spacial score (nSPS) is 16.4. The molecule has 0 saturated carbocycles. The van der Waals surface area contributed by atoms with Crippen LogP contribution in [0.5, 0.6) is 5.75 Å². The van der Waals surface area contributed by atoms with Crippen molar-refractivity contribution < 1.29 is 4.74 Å². The molecule has 0 aliphatic carbocycles. The van der Waals surface area contributed by atoms with Crippen molar-refractivity contribution in [3.8, 4) is 5.75 Å². The maximum atomic E-state index is 6.32. The van der Waals surface area contributed by atoms with Gasteiger partial charge in [-0.1, -0.05) is 29.8 Å². The van der Waals surface area contributed by atoms with Crippen molar-refractivity contribution in [3.63, 3.8) is 0 Å². The van der Waals surface area contributed by atoms with Crippen LogP contribution in [0.25, 0.3) is 21.8 Å². The molecule has 1 saturated heterocycles. The second kappa shape index (κ2) is 6.70. The number of halogens is 1. The Labute approximate surface area is 152 Å². The summed E-state index contributed by atoms with van der Waals surface area (Å²) >= 11 is 6.32. The van der Waals surface area contributed by atoms with Gasteiger partial charge in [-0.15, -0.1) is 0 Å². The molecule has 0 radical (unpaired) electrons. The molecule has 0 atom stereocenters. The summed E-state index contributed by atoms with van der Waals surface area (Å²) in [7, 11) is 3.83. The van der Waals surface area contributed by atoms with E-state index in [1.165, 1.54) is 0 Å². The van der Waals surface area contributed by atoms with Crippen molar-refractivity contribution in [2.24, 2.45) is 0 Å². The second-order valence-electron chi connectivity index (χ2n) is 6.73. The fourth-order valence-corrected chi connectivity index (χ4v) is 3.80. The van der Waals surface area contributed by atoms with Gasteiger partial charge in [0.1, 0.15) is 5.75 Å². The maximum Gasteiger partial charge on any atom is 0.138 e. The molecule has 4 rings (SSSR count). The number of anilines is 1. The molecule has 5 heteroatoms. The van der Waals surface area contributed by atoms with Crippen LogP contribution in [0, 0.1) is 0 Å². The zero-order valence-electron chi connectivity index (χ0n) is 14.6. The van der Waals surface area contributed by atoms with E-state index in [9.17, 15) is 0 Å². The van der Waals surface area contributed by atoms with Crippen molar-refractivity contribution in [2.45, 2.75) is 18.9 Å². The van der Waals surface area contributed by atoms with Crippen LogP contribution in [0.3, 0.4) is 0 Å². The van der Waals surface area contributed by atoms with Gasteiger partial charge in [0.15, 0.2) is 0 Å². The number of likely N-dealkylation sites (tertiary alicyclic amines) is 1. The highest BCUT2D eigenvalue weighted by molar-refractivity contribution is 6.33. The van der Waals surface area contributed by atoms with E-state index in [2.05, 4.69) is 29.4 Å². The summed E-state index contributed by atoms with van der Waals surface area (Å²) in [5.74, 6) is 0.678.